The highest BCUT2D eigenvalue weighted by Gasteiger charge is 2.63. The third-order valence-electron chi connectivity index (χ3n) is 3.70. The molecule has 1 unspecified atom stereocenters. The van der Waals surface area contributed by atoms with E-state index in [2.05, 4.69) is 13.8 Å². The summed E-state index contributed by atoms with van der Waals surface area (Å²) in [5, 5.41) is 9.74. The van der Waals surface area contributed by atoms with Crippen LogP contribution >= 0.6 is 0 Å². The topological polar surface area (TPSA) is 38.7 Å². The highest BCUT2D eigenvalue weighted by atomic mass is 16.6. The normalized spacial score (nSPS) is 67.8. The first kappa shape index (κ1) is 7.30. The van der Waals surface area contributed by atoms with Gasteiger partial charge in [0, 0.05) is 11.8 Å². The summed E-state index contributed by atoms with van der Waals surface area (Å²) < 4.78 is 11.4. The molecule has 68 valence electrons. The quantitative estimate of drug-likeness (QED) is 0.563. The van der Waals surface area contributed by atoms with E-state index >= 15 is 0 Å². The standard InChI is InChI=1S/C9H14O3/c1-3-6-4(2)8-9(11-6)5(10)7(3)12-8/h3-10H,1-2H3/t3-,4+,5+,6+,7+,8-,9?/m1/s1. The molecule has 0 spiro atoms. The van der Waals surface area contributed by atoms with Gasteiger partial charge in [-0.2, -0.15) is 0 Å². The van der Waals surface area contributed by atoms with Crippen LogP contribution in [0, 0.1) is 11.8 Å². The minimum absolute atomic E-state index is 0.0359. The number of aliphatic hydroxyl groups excluding tert-OH is 1. The molecule has 0 amide bonds. The Morgan fingerprint density at radius 3 is 2.08 bits per heavy atom. The Hall–Kier alpha value is -0.120. The lowest BCUT2D eigenvalue weighted by Crippen LogP contribution is -2.47. The van der Waals surface area contributed by atoms with E-state index in [0.717, 1.165) is 0 Å². The zero-order valence-electron chi connectivity index (χ0n) is 7.31. The lowest BCUT2D eigenvalue weighted by molar-refractivity contribution is -0.149. The molecular formula is C9H14O3. The van der Waals surface area contributed by atoms with E-state index in [1.807, 2.05) is 0 Å². The first-order chi connectivity index (χ1) is 5.70. The van der Waals surface area contributed by atoms with Gasteiger partial charge in [0.1, 0.15) is 12.2 Å². The summed E-state index contributed by atoms with van der Waals surface area (Å²) in [4.78, 5) is 0. The highest BCUT2D eigenvalue weighted by Crippen LogP contribution is 2.49. The molecule has 0 saturated carbocycles. The molecule has 12 heavy (non-hydrogen) atoms. The average molecular weight is 170 g/mol. The van der Waals surface area contributed by atoms with Crippen molar-refractivity contribution in [3.8, 4) is 0 Å². The molecular weight excluding hydrogens is 156 g/mol. The van der Waals surface area contributed by atoms with Gasteiger partial charge in [0.15, 0.2) is 0 Å². The molecule has 3 nitrogen and oxygen atoms in total. The zero-order chi connectivity index (χ0) is 8.46. The molecule has 4 aliphatic rings. The van der Waals surface area contributed by atoms with Crippen LogP contribution < -0.4 is 0 Å². The van der Waals surface area contributed by atoms with Crippen molar-refractivity contribution in [3.05, 3.63) is 0 Å². The second-order valence-electron chi connectivity index (χ2n) is 4.34. The van der Waals surface area contributed by atoms with Gasteiger partial charge >= 0.3 is 0 Å². The molecule has 0 aromatic rings. The van der Waals surface area contributed by atoms with Crippen LogP contribution in [0.15, 0.2) is 0 Å². The van der Waals surface area contributed by atoms with Crippen LogP contribution in [0.2, 0.25) is 0 Å². The van der Waals surface area contributed by atoms with E-state index in [0.29, 0.717) is 17.9 Å². The van der Waals surface area contributed by atoms with Crippen LogP contribution in [0.1, 0.15) is 13.8 Å². The van der Waals surface area contributed by atoms with Gasteiger partial charge in [-0.15, -0.1) is 0 Å². The second kappa shape index (κ2) is 2.03. The second-order valence-corrected chi connectivity index (χ2v) is 4.34. The molecule has 0 aromatic carbocycles. The number of ether oxygens (including phenoxy) is 2. The number of hydrogen-bond donors (Lipinski definition) is 1. The van der Waals surface area contributed by atoms with Gasteiger partial charge in [-0.1, -0.05) is 13.8 Å². The predicted molar refractivity (Wildman–Crippen MR) is 41.7 cm³/mol. The monoisotopic (exact) mass is 170 g/mol. The van der Waals surface area contributed by atoms with Crippen molar-refractivity contribution in [2.75, 3.05) is 0 Å². The Kier molecular flexibility index (Phi) is 1.23. The summed E-state index contributed by atoms with van der Waals surface area (Å²) in [5.41, 5.74) is 0. The van der Waals surface area contributed by atoms with Crippen molar-refractivity contribution in [2.24, 2.45) is 11.8 Å². The SMILES string of the molecule is C[C@@H]1[C@@H]2OC3[C@@H](O)[C@H]1O[C@@H]3[C@H]2C. The molecule has 0 aliphatic carbocycles. The van der Waals surface area contributed by atoms with Crippen LogP contribution in [0.4, 0.5) is 0 Å². The zero-order valence-corrected chi connectivity index (χ0v) is 7.31. The van der Waals surface area contributed by atoms with Crippen molar-refractivity contribution in [1.29, 1.82) is 0 Å². The third-order valence-corrected chi connectivity index (χ3v) is 3.70. The summed E-state index contributed by atoms with van der Waals surface area (Å²) >= 11 is 0. The summed E-state index contributed by atoms with van der Waals surface area (Å²) in [6, 6.07) is 0. The molecule has 4 heterocycles. The van der Waals surface area contributed by atoms with E-state index in [1.165, 1.54) is 0 Å². The minimum atomic E-state index is -0.383. The summed E-state index contributed by atoms with van der Waals surface area (Å²) in [6.07, 6.45) is 0.0979. The van der Waals surface area contributed by atoms with Crippen molar-refractivity contribution < 1.29 is 14.6 Å². The minimum Gasteiger partial charge on any atom is -0.388 e. The van der Waals surface area contributed by atoms with Gasteiger partial charge in [-0.25, -0.2) is 0 Å². The Bertz CT molecular complexity index is 188. The van der Waals surface area contributed by atoms with Gasteiger partial charge in [0.05, 0.1) is 18.3 Å². The van der Waals surface area contributed by atoms with Gasteiger partial charge in [0.25, 0.3) is 0 Å². The Balaban J connectivity index is 2.01. The molecule has 4 fully saturated rings. The summed E-state index contributed by atoms with van der Waals surface area (Å²) in [7, 11) is 0. The number of aliphatic hydroxyl groups is 1. The lowest BCUT2D eigenvalue weighted by atomic mass is 9.87. The first-order valence-corrected chi connectivity index (χ1v) is 4.69. The molecule has 4 rings (SSSR count). The van der Waals surface area contributed by atoms with Crippen molar-refractivity contribution in [1.82, 2.24) is 0 Å². The van der Waals surface area contributed by atoms with Crippen LogP contribution in [0.25, 0.3) is 0 Å². The van der Waals surface area contributed by atoms with Crippen molar-refractivity contribution >= 4 is 0 Å². The Morgan fingerprint density at radius 2 is 1.42 bits per heavy atom. The van der Waals surface area contributed by atoms with E-state index in [4.69, 9.17) is 9.47 Å². The molecule has 7 atom stereocenters. The molecule has 4 bridgehead atoms. The van der Waals surface area contributed by atoms with Crippen LogP contribution in [0.3, 0.4) is 0 Å². The smallest absolute Gasteiger partial charge is 0.113 e. The first-order valence-electron chi connectivity index (χ1n) is 4.69. The van der Waals surface area contributed by atoms with E-state index in [9.17, 15) is 5.11 Å². The average Bonchev–Trinajstić information content (AvgIpc) is 2.43. The third kappa shape index (κ3) is 0.605. The highest BCUT2D eigenvalue weighted by molar-refractivity contribution is 5.09. The molecule has 0 aromatic heterocycles. The summed E-state index contributed by atoms with van der Waals surface area (Å²) in [6.45, 7) is 4.26. The van der Waals surface area contributed by atoms with Crippen LogP contribution in [-0.4, -0.2) is 35.6 Å². The maximum atomic E-state index is 9.74. The van der Waals surface area contributed by atoms with Crippen molar-refractivity contribution in [2.45, 2.75) is 44.4 Å². The van der Waals surface area contributed by atoms with Crippen LogP contribution in [0.5, 0.6) is 0 Å². The summed E-state index contributed by atoms with van der Waals surface area (Å²) in [5.74, 6) is 0.809. The maximum absolute atomic E-state index is 9.74. The van der Waals surface area contributed by atoms with E-state index in [1.54, 1.807) is 0 Å². The van der Waals surface area contributed by atoms with Gasteiger partial charge in [-0.05, 0) is 0 Å². The van der Waals surface area contributed by atoms with Crippen molar-refractivity contribution in [3.63, 3.8) is 0 Å². The largest absolute Gasteiger partial charge is 0.388 e. The lowest BCUT2D eigenvalue weighted by Gasteiger charge is -2.37. The maximum Gasteiger partial charge on any atom is 0.113 e. The van der Waals surface area contributed by atoms with Gasteiger partial charge in [0.2, 0.25) is 0 Å². The van der Waals surface area contributed by atoms with Crippen LogP contribution in [-0.2, 0) is 9.47 Å². The fourth-order valence-electron chi connectivity index (χ4n) is 3.02. The number of hydrogen-bond acceptors (Lipinski definition) is 3. The van der Waals surface area contributed by atoms with E-state index in [-0.39, 0.29) is 24.4 Å². The fourth-order valence-corrected chi connectivity index (χ4v) is 3.02. The molecule has 3 heteroatoms. The van der Waals surface area contributed by atoms with E-state index < -0.39 is 0 Å². The number of rotatable bonds is 0. The Labute approximate surface area is 71.7 Å². The molecule has 4 saturated heterocycles. The molecule has 0 radical (unpaired) electrons. The fraction of sp³-hybridized carbons (Fsp3) is 1.00. The molecule has 1 N–H and O–H groups in total. The van der Waals surface area contributed by atoms with Gasteiger partial charge in [-0.3, -0.25) is 0 Å². The molecule has 4 aliphatic heterocycles. The Morgan fingerprint density at radius 1 is 0.833 bits per heavy atom. The van der Waals surface area contributed by atoms with Gasteiger partial charge < -0.3 is 14.6 Å². The predicted octanol–water partition coefficient (Wildman–Crippen LogP) is 0.168.